The molecule has 0 amide bonds. The third kappa shape index (κ3) is 8.50. The highest BCUT2D eigenvalue weighted by Crippen LogP contribution is 2.17. The topological polar surface area (TPSA) is 44.7 Å². The first-order chi connectivity index (χ1) is 12.1. The van der Waals surface area contributed by atoms with Gasteiger partial charge in [0, 0.05) is 17.6 Å². The van der Waals surface area contributed by atoms with Crippen LogP contribution in [-0.2, 0) is 6.54 Å². The largest absolute Gasteiger partial charge is 0.491 e. The zero-order valence-corrected chi connectivity index (χ0v) is 16.3. The minimum absolute atomic E-state index is 0.289. The second-order valence-electron chi connectivity index (χ2n) is 6.20. The summed E-state index contributed by atoms with van der Waals surface area (Å²) in [4.78, 5) is 2.31. The summed E-state index contributed by atoms with van der Waals surface area (Å²) in [6.07, 6.45) is 0.531. The molecule has 0 bridgehead atoms. The van der Waals surface area contributed by atoms with Crippen LogP contribution in [0.15, 0.2) is 59.1 Å². The first kappa shape index (κ1) is 19.9. The molecule has 0 fully saturated rings. The van der Waals surface area contributed by atoms with E-state index in [4.69, 9.17) is 4.74 Å². The predicted molar refractivity (Wildman–Crippen MR) is 106 cm³/mol. The minimum Gasteiger partial charge on any atom is -0.491 e. The van der Waals surface area contributed by atoms with E-state index in [0.717, 1.165) is 36.3 Å². The van der Waals surface area contributed by atoms with E-state index in [0.29, 0.717) is 6.54 Å². The highest BCUT2D eigenvalue weighted by Gasteiger charge is 2.05. The Morgan fingerprint density at radius 2 is 1.96 bits per heavy atom. The van der Waals surface area contributed by atoms with E-state index >= 15 is 0 Å². The van der Waals surface area contributed by atoms with Crippen LogP contribution in [0.2, 0.25) is 0 Å². The SMILES string of the molecule is CN(CCCNCC(O)COc1cccc(Br)c1)Cc1ccccc1. The number of nitrogens with one attached hydrogen (secondary N) is 1. The number of halogens is 1. The monoisotopic (exact) mass is 406 g/mol. The van der Waals surface area contributed by atoms with Crippen LogP contribution in [0.1, 0.15) is 12.0 Å². The molecule has 0 radical (unpaired) electrons. The Morgan fingerprint density at radius 1 is 1.16 bits per heavy atom. The molecule has 2 aromatic rings. The van der Waals surface area contributed by atoms with Gasteiger partial charge in [0.2, 0.25) is 0 Å². The van der Waals surface area contributed by atoms with Gasteiger partial charge in [-0.15, -0.1) is 0 Å². The maximum Gasteiger partial charge on any atom is 0.120 e. The molecule has 25 heavy (non-hydrogen) atoms. The maximum absolute atomic E-state index is 9.97. The molecule has 5 heteroatoms. The van der Waals surface area contributed by atoms with Crippen molar-refractivity contribution in [1.82, 2.24) is 10.2 Å². The van der Waals surface area contributed by atoms with Crippen molar-refractivity contribution in [3.05, 3.63) is 64.6 Å². The molecule has 1 unspecified atom stereocenters. The molecule has 2 rings (SSSR count). The number of nitrogens with zero attached hydrogens (tertiary/aromatic N) is 1. The van der Waals surface area contributed by atoms with Gasteiger partial charge in [0.25, 0.3) is 0 Å². The van der Waals surface area contributed by atoms with Gasteiger partial charge in [0.15, 0.2) is 0 Å². The van der Waals surface area contributed by atoms with Gasteiger partial charge in [-0.05, 0) is 50.3 Å². The predicted octanol–water partition coefficient (Wildman–Crippen LogP) is 3.30. The van der Waals surface area contributed by atoms with Gasteiger partial charge in [-0.2, -0.15) is 0 Å². The first-order valence-electron chi connectivity index (χ1n) is 8.63. The molecule has 0 saturated heterocycles. The van der Waals surface area contributed by atoms with Gasteiger partial charge in [0.1, 0.15) is 18.5 Å². The molecule has 0 saturated carbocycles. The van der Waals surface area contributed by atoms with E-state index in [1.54, 1.807) is 0 Å². The molecule has 0 heterocycles. The minimum atomic E-state index is -0.513. The van der Waals surface area contributed by atoms with Crippen LogP contribution in [-0.4, -0.2) is 49.4 Å². The van der Waals surface area contributed by atoms with E-state index in [9.17, 15) is 5.11 Å². The fraction of sp³-hybridized carbons (Fsp3) is 0.400. The van der Waals surface area contributed by atoms with E-state index in [1.165, 1.54) is 5.56 Å². The van der Waals surface area contributed by atoms with Crippen molar-refractivity contribution in [3.8, 4) is 5.75 Å². The Balaban J connectivity index is 1.52. The molecule has 1 atom stereocenters. The van der Waals surface area contributed by atoms with E-state index in [-0.39, 0.29) is 6.61 Å². The lowest BCUT2D eigenvalue weighted by atomic mass is 10.2. The molecule has 0 spiro atoms. The van der Waals surface area contributed by atoms with Gasteiger partial charge >= 0.3 is 0 Å². The Hall–Kier alpha value is -1.40. The molecule has 0 aliphatic carbocycles. The van der Waals surface area contributed by atoms with E-state index in [2.05, 4.69) is 57.5 Å². The Kier molecular flexibility index (Phi) is 8.97. The lowest BCUT2D eigenvalue weighted by Crippen LogP contribution is -2.33. The third-order valence-corrected chi connectivity index (χ3v) is 4.30. The van der Waals surface area contributed by atoms with Crippen LogP contribution in [0.25, 0.3) is 0 Å². The standard InChI is InChI=1S/C20H27BrN2O2/c1-23(15-17-7-3-2-4-8-17)12-6-11-22-14-19(24)16-25-20-10-5-9-18(21)13-20/h2-5,7-10,13,19,22,24H,6,11-12,14-16H2,1H3. The molecule has 2 N–H and O–H groups in total. The summed E-state index contributed by atoms with van der Waals surface area (Å²) in [5.74, 6) is 0.760. The maximum atomic E-state index is 9.97. The molecular formula is C20H27BrN2O2. The number of aliphatic hydroxyl groups is 1. The van der Waals surface area contributed by atoms with Crippen molar-refractivity contribution in [2.45, 2.75) is 19.1 Å². The molecule has 0 aliphatic rings. The van der Waals surface area contributed by atoms with Gasteiger partial charge in [0.05, 0.1) is 0 Å². The molecule has 0 aromatic heterocycles. The second-order valence-corrected chi connectivity index (χ2v) is 7.12. The molecule has 4 nitrogen and oxygen atoms in total. The van der Waals surface area contributed by atoms with Crippen molar-refractivity contribution in [2.24, 2.45) is 0 Å². The zero-order valence-electron chi connectivity index (χ0n) is 14.7. The number of aliphatic hydroxyl groups excluding tert-OH is 1. The summed E-state index contributed by atoms with van der Waals surface area (Å²) < 4.78 is 6.55. The fourth-order valence-corrected chi connectivity index (χ4v) is 2.90. The van der Waals surface area contributed by atoms with Crippen LogP contribution < -0.4 is 10.1 Å². The third-order valence-electron chi connectivity index (χ3n) is 3.81. The summed E-state index contributed by atoms with van der Waals surface area (Å²) in [6.45, 7) is 3.69. The summed E-state index contributed by atoms with van der Waals surface area (Å²) in [7, 11) is 2.13. The van der Waals surface area contributed by atoms with Crippen LogP contribution in [0.5, 0.6) is 5.75 Å². The van der Waals surface area contributed by atoms with Gasteiger partial charge in [-0.3, -0.25) is 0 Å². The smallest absolute Gasteiger partial charge is 0.120 e. The summed E-state index contributed by atoms with van der Waals surface area (Å²) in [5.41, 5.74) is 1.33. The van der Waals surface area contributed by atoms with Gasteiger partial charge < -0.3 is 20.1 Å². The van der Waals surface area contributed by atoms with Crippen molar-refractivity contribution >= 4 is 15.9 Å². The van der Waals surface area contributed by atoms with Crippen LogP contribution in [0.3, 0.4) is 0 Å². The zero-order chi connectivity index (χ0) is 17.9. The quantitative estimate of drug-likeness (QED) is 0.561. The van der Waals surface area contributed by atoms with Crippen molar-refractivity contribution in [3.63, 3.8) is 0 Å². The second kappa shape index (κ2) is 11.3. The molecular weight excluding hydrogens is 380 g/mol. The van der Waals surface area contributed by atoms with Crippen LogP contribution in [0, 0.1) is 0 Å². The van der Waals surface area contributed by atoms with Crippen molar-refractivity contribution in [2.75, 3.05) is 33.3 Å². The molecule has 136 valence electrons. The summed E-state index contributed by atoms with van der Waals surface area (Å²) in [5, 5.41) is 13.3. The first-order valence-corrected chi connectivity index (χ1v) is 9.42. The molecule has 2 aromatic carbocycles. The van der Waals surface area contributed by atoms with Crippen molar-refractivity contribution in [1.29, 1.82) is 0 Å². The Labute approximate surface area is 158 Å². The van der Waals surface area contributed by atoms with Gasteiger partial charge in [-0.1, -0.05) is 52.3 Å². The van der Waals surface area contributed by atoms with E-state index < -0.39 is 6.10 Å². The fourth-order valence-electron chi connectivity index (χ4n) is 2.52. The van der Waals surface area contributed by atoms with Gasteiger partial charge in [-0.25, -0.2) is 0 Å². The highest BCUT2D eigenvalue weighted by atomic mass is 79.9. The van der Waals surface area contributed by atoms with Crippen LogP contribution in [0.4, 0.5) is 0 Å². The van der Waals surface area contributed by atoms with E-state index in [1.807, 2.05) is 30.3 Å². The number of ether oxygens (including phenoxy) is 1. The Morgan fingerprint density at radius 3 is 2.72 bits per heavy atom. The van der Waals surface area contributed by atoms with Crippen LogP contribution >= 0.6 is 15.9 Å². The Bertz CT molecular complexity index is 610. The molecule has 0 aliphatic heterocycles. The average Bonchev–Trinajstić information content (AvgIpc) is 2.60. The number of hydrogen-bond donors (Lipinski definition) is 2. The number of benzene rings is 2. The normalized spacial score (nSPS) is 12.3. The lowest BCUT2D eigenvalue weighted by Gasteiger charge is -2.17. The van der Waals surface area contributed by atoms with Crippen molar-refractivity contribution < 1.29 is 9.84 Å². The lowest BCUT2D eigenvalue weighted by molar-refractivity contribution is 0.106. The number of rotatable bonds is 11. The average molecular weight is 407 g/mol. The number of hydrogen-bond acceptors (Lipinski definition) is 4. The summed E-state index contributed by atoms with van der Waals surface area (Å²) >= 11 is 3.40. The highest BCUT2D eigenvalue weighted by molar-refractivity contribution is 9.10. The summed E-state index contributed by atoms with van der Waals surface area (Å²) in [6, 6.07) is 18.1.